The summed E-state index contributed by atoms with van der Waals surface area (Å²) in [6, 6.07) is 15.1. The number of hydrogen-bond acceptors (Lipinski definition) is 6. The number of aromatic nitrogens is 1. The lowest BCUT2D eigenvalue weighted by Gasteiger charge is -2.27. The zero-order valence-corrected chi connectivity index (χ0v) is 19.8. The van der Waals surface area contributed by atoms with Crippen LogP contribution < -0.4 is 20.7 Å². The van der Waals surface area contributed by atoms with E-state index in [1.54, 1.807) is 24.3 Å². The number of ether oxygens (including phenoxy) is 1. The molecule has 0 saturated carbocycles. The van der Waals surface area contributed by atoms with Crippen molar-refractivity contribution in [2.24, 2.45) is 0 Å². The fourth-order valence-corrected chi connectivity index (χ4v) is 4.74. The number of carbonyl (C=O) groups excluding carboxylic acids is 4. The average molecular weight is 488 g/mol. The SMILES string of the molecule is CC(=O)N1CC(NC(=O)c2ccc(OCc3cc(C)nc4ccccc34)cc2)C2(C1)NC(=O)NC2=O. The van der Waals surface area contributed by atoms with Crippen molar-refractivity contribution in [3.8, 4) is 5.75 Å². The number of rotatable bonds is 5. The third-order valence-corrected chi connectivity index (χ3v) is 6.60. The molecule has 5 amide bonds. The van der Waals surface area contributed by atoms with Crippen molar-refractivity contribution >= 4 is 34.7 Å². The van der Waals surface area contributed by atoms with Crippen LogP contribution in [0, 0.1) is 6.92 Å². The minimum absolute atomic E-state index is 0.0131. The molecule has 2 aliphatic heterocycles. The molecular formula is C26H25N5O5. The van der Waals surface area contributed by atoms with E-state index in [9.17, 15) is 19.2 Å². The van der Waals surface area contributed by atoms with Crippen molar-refractivity contribution in [2.75, 3.05) is 13.1 Å². The molecule has 1 aromatic heterocycles. The van der Waals surface area contributed by atoms with Crippen LogP contribution in [0.3, 0.4) is 0 Å². The number of amides is 5. The maximum absolute atomic E-state index is 13.0. The summed E-state index contributed by atoms with van der Waals surface area (Å²) in [5.74, 6) is -0.656. The standard InChI is InChI=1S/C26H25N5O5/c1-15-11-18(20-5-3-4-6-21(20)27-15)13-36-19-9-7-17(8-10-19)23(33)28-22-12-31(16(2)32)14-26(22)24(34)29-25(35)30-26/h3-11,22H,12-14H2,1-2H3,(H,28,33)(H2,29,30,34,35). The molecule has 2 aliphatic rings. The molecule has 2 saturated heterocycles. The first-order chi connectivity index (χ1) is 17.2. The number of imide groups is 1. The number of benzene rings is 2. The molecule has 0 aliphatic carbocycles. The fourth-order valence-electron chi connectivity index (χ4n) is 4.74. The predicted octanol–water partition coefficient (Wildman–Crippen LogP) is 1.66. The van der Waals surface area contributed by atoms with E-state index in [-0.39, 0.29) is 19.0 Å². The molecule has 2 fully saturated rings. The van der Waals surface area contributed by atoms with Gasteiger partial charge in [-0.15, -0.1) is 0 Å². The highest BCUT2D eigenvalue weighted by Crippen LogP contribution is 2.26. The quantitative estimate of drug-likeness (QED) is 0.470. The normalized spacial score (nSPS) is 20.9. The predicted molar refractivity (Wildman–Crippen MR) is 130 cm³/mol. The number of aryl methyl sites for hydroxylation is 1. The van der Waals surface area contributed by atoms with E-state index >= 15 is 0 Å². The summed E-state index contributed by atoms with van der Waals surface area (Å²) in [5, 5.41) is 8.63. The molecule has 36 heavy (non-hydrogen) atoms. The van der Waals surface area contributed by atoms with E-state index in [2.05, 4.69) is 20.9 Å². The van der Waals surface area contributed by atoms with Crippen LogP contribution >= 0.6 is 0 Å². The molecule has 1 spiro atoms. The van der Waals surface area contributed by atoms with Crippen molar-refractivity contribution in [3.05, 3.63) is 71.4 Å². The molecule has 0 radical (unpaired) electrons. The van der Waals surface area contributed by atoms with Crippen LogP contribution in [0.4, 0.5) is 4.79 Å². The third-order valence-electron chi connectivity index (χ3n) is 6.60. The van der Waals surface area contributed by atoms with Gasteiger partial charge in [-0.05, 0) is 43.3 Å². The number of hydrogen-bond donors (Lipinski definition) is 3. The Morgan fingerprint density at radius 1 is 1.17 bits per heavy atom. The van der Waals surface area contributed by atoms with Gasteiger partial charge in [0.15, 0.2) is 5.54 Å². The second-order valence-electron chi connectivity index (χ2n) is 9.06. The third kappa shape index (κ3) is 4.21. The van der Waals surface area contributed by atoms with Gasteiger partial charge in [0.25, 0.3) is 11.8 Å². The van der Waals surface area contributed by atoms with Crippen LogP contribution in [0.5, 0.6) is 5.75 Å². The number of nitrogens with one attached hydrogen (secondary N) is 3. The molecule has 0 bridgehead atoms. The zero-order valence-electron chi connectivity index (χ0n) is 19.8. The lowest BCUT2D eigenvalue weighted by molar-refractivity contribution is -0.128. The number of para-hydroxylation sites is 1. The number of likely N-dealkylation sites (tertiary alicyclic amines) is 1. The summed E-state index contributed by atoms with van der Waals surface area (Å²) in [6.45, 7) is 3.75. The first-order valence-corrected chi connectivity index (χ1v) is 11.5. The van der Waals surface area contributed by atoms with Gasteiger partial charge in [-0.3, -0.25) is 24.7 Å². The van der Waals surface area contributed by atoms with Gasteiger partial charge in [0.05, 0.1) is 18.1 Å². The highest BCUT2D eigenvalue weighted by Gasteiger charge is 2.58. The van der Waals surface area contributed by atoms with Crippen LogP contribution in [0.1, 0.15) is 28.5 Å². The Morgan fingerprint density at radius 3 is 2.61 bits per heavy atom. The number of nitrogens with zero attached hydrogens (tertiary/aromatic N) is 2. The van der Waals surface area contributed by atoms with Crippen molar-refractivity contribution in [2.45, 2.75) is 32.0 Å². The van der Waals surface area contributed by atoms with Crippen LogP contribution in [-0.2, 0) is 16.2 Å². The maximum Gasteiger partial charge on any atom is 0.322 e. The largest absolute Gasteiger partial charge is 0.489 e. The summed E-state index contributed by atoms with van der Waals surface area (Å²) < 4.78 is 5.96. The van der Waals surface area contributed by atoms with Gasteiger partial charge in [0.1, 0.15) is 12.4 Å². The van der Waals surface area contributed by atoms with Gasteiger partial charge < -0.3 is 20.3 Å². The van der Waals surface area contributed by atoms with Gasteiger partial charge in [-0.1, -0.05) is 18.2 Å². The second kappa shape index (κ2) is 8.95. The molecular weight excluding hydrogens is 462 g/mol. The van der Waals surface area contributed by atoms with Gasteiger partial charge in [0.2, 0.25) is 5.91 Å². The van der Waals surface area contributed by atoms with Gasteiger partial charge in [-0.2, -0.15) is 0 Å². The van der Waals surface area contributed by atoms with Crippen LogP contribution in [0.15, 0.2) is 54.6 Å². The number of fused-ring (bicyclic) bond motifs is 1. The Morgan fingerprint density at radius 2 is 1.92 bits per heavy atom. The molecule has 3 heterocycles. The molecule has 10 heteroatoms. The van der Waals surface area contributed by atoms with E-state index in [0.717, 1.165) is 22.2 Å². The number of pyridine rings is 1. The molecule has 2 atom stereocenters. The first-order valence-electron chi connectivity index (χ1n) is 11.5. The summed E-state index contributed by atoms with van der Waals surface area (Å²) in [7, 11) is 0. The van der Waals surface area contributed by atoms with Crippen molar-refractivity contribution in [1.29, 1.82) is 0 Å². The van der Waals surface area contributed by atoms with Crippen molar-refractivity contribution in [1.82, 2.24) is 25.8 Å². The highest BCUT2D eigenvalue weighted by molar-refractivity contribution is 6.09. The molecule has 184 valence electrons. The van der Waals surface area contributed by atoms with E-state index in [4.69, 9.17) is 4.74 Å². The Labute approximate surface area is 207 Å². The molecule has 2 aromatic carbocycles. The smallest absolute Gasteiger partial charge is 0.322 e. The molecule has 2 unspecified atom stereocenters. The van der Waals surface area contributed by atoms with Gasteiger partial charge >= 0.3 is 6.03 Å². The Bertz CT molecular complexity index is 1390. The zero-order chi connectivity index (χ0) is 25.4. The Kier molecular flexibility index (Phi) is 5.79. The molecule has 3 N–H and O–H groups in total. The number of carbonyl (C=O) groups is 4. The lowest BCUT2D eigenvalue weighted by atomic mass is 9.93. The van der Waals surface area contributed by atoms with Crippen LogP contribution in [0.2, 0.25) is 0 Å². The van der Waals surface area contributed by atoms with Crippen molar-refractivity contribution in [3.63, 3.8) is 0 Å². The molecule has 10 nitrogen and oxygen atoms in total. The number of urea groups is 1. The lowest BCUT2D eigenvalue weighted by Crippen LogP contribution is -2.62. The monoisotopic (exact) mass is 487 g/mol. The minimum atomic E-state index is -1.40. The first kappa shape index (κ1) is 23.3. The topological polar surface area (TPSA) is 130 Å². The molecule has 3 aromatic rings. The second-order valence-corrected chi connectivity index (χ2v) is 9.06. The fraction of sp³-hybridized carbons (Fsp3) is 0.269. The highest BCUT2D eigenvalue weighted by atomic mass is 16.5. The van der Waals surface area contributed by atoms with Crippen molar-refractivity contribution < 1.29 is 23.9 Å². The van der Waals surface area contributed by atoms with E-state index in [1.165, 1.54) is 11.8 Å². The maximum atomic E-state index is 13.0. The average Bonchev–Trinajstić information content (AvgIpc) is 3.36. The Hall–Kier alpha value is -4.47. The van der Waals surface area contributed by atoms with Gasteiger partial charge in [-0.25, -0.2) is 4.79 Å². The minimum Gasteiger partial charge on any atom is -0.489 e. The van der Waals surface area contributed by atoms with E-state index in [1.807, 2.05) is 37.3 Å². The van der Waals surface area contributed by atoms with Crippen LogP contribution in [-0.4, -0.2) is 58.3 Å². The summed E-state index contributed by atoms with van der Waals surface area (Å²) in [5.41, 5.74) is 1.78. The summed E-state index contributed by atoms with van der Waals surface area (Å²) in [4.78, 5) is 55.2. The Balaban J connectivity index is 1.28. The van der Waals surface area contributed by atoms with E-state index < -0.39 is 29.4 Å². The van der Waals surface area contributed by atoms with Gasteiger partial charge in [0, 0.05) is 35.7 Å². The summed E-state index contributed by atoms with van der Waals surface area (Å²) >= 11 is 0. The molecule has 5 rings (SSSR count). The van der Waals surface area contributed by atoms with E-state index in [0.29, 0.717) is 17.9 Å². The summed E-state index contributed by atoms with van der Waals surface area (Å²) in [6.07, 6.45) is 0. The van der Waals surface area contributed by atoms with Crippen LogP contribution in [0.25, 0.3) is 10.9 Å².